The molecule has 3 amide bonds. The van der Waals surface area contributed by atoms with Crippen molar-refractivity contribution >= 4 is 23.6 Å². The number of esters is 1. The van der Waals surface area contributed by atoms with Crippen LogP contribution >= 0.6 is 0 Å². The van der Waals surface area contributed by atoms with Crippen LogP contribution in [-0.4, -0.2) is 55.6 Å². The van der Waals surface area contributed by atoms with Gasteiger partial charge in [-0.15, -0.1) is 0 Å². The zero-order chi connectivity index (χ0) is 19.6. The van der Waals surface area contributed by atoms with Gasteiger partial charge in [-0.05, 0) is 49.9 Å². The number of likely N-dealkylation sites (tertiary alicyclic amines) is 1. The molecule has 0 aliphatic carbocycles. The fourth-order valence-corrected chi connectivity index (χ4v) is 3.70. The number of hydrogen-bond acceptors (Lipinski definition) is 4. The van der Waals surface area contributed by atoms with Gasteiger partial charge >= 0.3 is 12.0 Å². The van der Waals surface area contributed by atoms with Gasteiger partial charge in [0.05, 0.1) is 19.1 Å². The molecule has 1 atom stereocenters. The minimum Gasteiger partial charge on any atom is -0.469 e. The van der Waals surface area contributed by atoms with Crippen molar-refractivity contribution in [2.24, 2.45) is 5.92 Å². The molecule has 2 heterocycles. The second-order valence-corrected chi connectivity index (χ2v) is 7.41. The summed E-state index contributed by atoms with van der Waals surface area (Å²) in [6.07, 6.45) is 1.52. The quantitative estimate of drug-likeness (QED) is 0.822. The molecule has 0 aromatic heterocycles. The number of carbonyl (C=O) groups excluding carboxylic acids is 3. The van der Waals surface area contributed by atoms with E-state index in [1.807, 2.05) is 32.0 Å². The van der Waals surface area contributed by atoms with Crippen LogP contribution < -0.4 is 10.2 Å². The minimum absolute atomic E-state index is 0.0213. The second kappa shape index (κ2) is 7.98. The summed E-state index contributed by atoms with van der Waals surface area (Å²) in [6, 6.07) is 5.59. The van der Waals surface area contributed by atoms with E-state index in [9.17, 15) is 14.4 Å². The Morgan fingerprint density at radius 3 is 2.48 bits per heavy atom. The molecule has 0 bridgehead atoms. The van der Waals surface area contributed by atoms with Gasteiger partial charge in [0, 0.05) is 31.7 Å². The number of methoxy groups -OCH3 is 1. The molecule has 0 radical (unpaired) electrons. The minimum atomic E-state index is -0.208. The van der Waals surface area contributed by atoms with Gasteiger partial charge in [-0.3, -0.25) is 9.59 Å². The van der Waals surface area contributed by atoms with E-state index in [1.54, 1.807) is 9.80 Å². The number of piperidine rings is 1. The highest BCUT2D eigenvalue weighted by atomic mass is 16.5. The smallest absolute Gasteiger partial charge is 0.317 e. The summed E-state index contributed by atoms with van der Waals surface area (Å²) in [7, 11) is 1.39. The van der Waals surface area contributed by atoms with Crippen molar-refractivity contribution in [2.45, 2.75) is 39.2 Å². The summed E-state index contributed by atoms with van der Waals surface area (Å²) < 4.78 is 4.77. The number of aryl methyl sites for hydroxylation is 2. The van der Waals surface area contributed by atoms with E-state index < -0.39 is 0 Å². The van der Waals surface area contributed by atoms with Crippen LogP contribution in [0.4, 0.5) is 10.5 Å². The Bertz CT molecular complexity index is 741. The van der Waals surface area contributed by atoms with Crippen molar-refractivity contribution in [2.75, 3.05) is 31.6 Å². The number of carbonyl (C=O) groups is 3. The normalized spacial score (nSPS) is 20.7. The van der Waals surface area contributed by atoms with Crippen molar-refractivity contribution in [3.05, 3.63) is 29.3 Å². The highest BCUT2D eigenvalue weighted by Crippen LogP contribution is 2.24. The van der Waals surface area contributed by atoms with Crippen LogP contribution in [0.2, 0.25) is 0 Å². The topological polar surface area (TPSA) is 79.0 Å². The van der Waals surface area contributed by atoms with Crippen LogP contribution in [0.15, 0.2) is 18.2 Å². The predicted molar refractivity (Wildman–Crippen MR) is 102 cm³/mol. The summed E-state index contributed by atoms with van der Waals surface area (Å²) in [5, 5.41) is 2.97. The van der Waals surface area contributed by atoms with Crippen LogP contribution in [0, 0.1) is 19.8 Å². The van der Waals surface area contributed by atoms with E-state index in [0.717, 1.165) is 11.3 Å². The summed E-state index contributed by atoms with van der Waals surface area (Å²) in [4.78, 5) is 40.0. The zero-order valence-electron chi connectivity index (χ0n) is 16.2. The van der Waals surface area contributed by atoms with Gasteiger partial charge in [0.1, 0.15) is 0 Å². The summed E-state index contributed by atoms with van der Waals surface area (Å²) in [5.74, 6) is -0.319. The lowest BCUT2D eigenvalue weighted by Gasteiger charge is -2.31. The highest BCUT2D eigenvalue weighted by Gasteiger charge is 2.34. The van der Waals surface area contributed by atoms with Gasteiger partial charge in [-0.25, -0.2) is 4.79 Å². The largest absolute Gasteiger partial charge is 0.469 e. The molecule has 1 unspecified atom stereocenters. The Morgan fingerprint density at radius 2 is 1.85 bits per heavy atom. The van der Waals surface area contributed by atoms with Gasteiger partial charge in [-0.1, -0.05) is 6.07 Å². The molecule has 7 nitrogen and oxygen atoms in total. The molecule has 7 heteroatoms. The van der Waals surface area contributed by atoms with Crippen molar-refractivity contribution in [3.63, 3.8) is 0 Å². The average molecular weight is 373 g/mol. The van der Waals surface area contributed by atoms with Crippen LogP contribution in [0.1, 0.15) is 30.4 Å². The Kier molecular flexibility index (Phi) is 5.68. The second-order valence-electron chi connectivity index (χ2n) is 7.41. The first kappa shape index (κ1) is 19.2. The molecule has 27 heavy (non-hydrogen) atoms. The van der Waals surface area contributed by atoms with Gasteiger partial charge in [-0.2, -0.15) is 0 Å². The Labute approximate surface area is 159 Å². The van der Waals surface area contributed by atoms with Gasteiger partial charge < -0.3 is 19.9 Å². The third-order valence-electron chi connectivity index (χ3n) is 5.57. The van der Waals surface area contributed by atoms with Crippen molar-refractivity contribution in [1.29, 1.82) is 0 Å². The molecule has 1 aromatic rings. The molecular weight excluding hydrogens is 346 g/mol. The molecule has 0 spiro atoms. The van der Waals surface area contributed by atoms with E-state index in [2.05, 4.69) is 5.32 Å². The molecule has 0 saturated carbocycles. The number of nitrogens with one attached hydrogen (secondary N) is 1. The molecule has 2 aliphatic heterocycles. The van der Waals surface area contributed by atoms with E-state index in [-0.39, 0.29) is 29.9 Å². The standard InChI is InChI=1S/C20H27N3O4/c1-13-4-5-17(10-14(13)2)23-12-16(11-18(23)24)21-20(26)22-8-6-15(7-9-22)19(25)27-3/h4-5,10,15-16H,6-9,11-12H2,1-3H3,(H,21,26). The van der Waals surface area contributed by atoms with Crippen molar-refractivity contribution < 1.29 is 19.1 Å². The van der Waals surface area contributed by atoms with Gasteiger partial charge in [0.2, 0.25) is 5.91 Å². The molecule has 1 N–H and O–H groups in total. The lowest BCUT2D eigenvalue weighted by molar-refractivity contribution is -0.146. The number of benzene rings is 1. The number of urea groups is 1. The number of anilines is 1. The number of ether oxygens (including phenoxy) is 1. The SMILES string of the molecule is COC(=O)C1CCN(C(=O)NC2CC(=O)N(c3ccc(C)c(C)c3)C2)CC1. The van der Waals surface area contributed by atoms with E-state index in [1.165, 1.54) is 12.7 Å². The first-order chi connectivity index (χ1) is 12.9. The fraction of sp³-hybridized carbons (Fsp3) is 0.550. The predicted octanol–water partition coefficient (Wildman–Crippen LogP) is 2.00. The number of hydrogen-bond donors (Lipinski definition) is 1. The highest BCUT2D eigenvalue weighted by molar-refractivity contribution is 5.97. The Hall–Kier alpha value is -2.57. The van der Waals surface area contributed by atoms with Crippen LogP contribution in [-0.2, 0) is 14.3 Å². The number of rotatable bonds is 3. The lowest BCUT2D eigenvalue weighted by atomic mass is 9.97. The molecule has 146 valence electrons. The zero-order valence-corrected chi connectivity index (χ0v) is 16.2. The molecule has 2 aliphatic rings. The summed E-state index contributed by atoms with van der Waals surface area (Å²) in [6.45, 7) is 5.58. The molecular formula is C20H27N3O4. The fourth-order valence-electron chi connectivity index (χ4n) is 3.70. The maximum atomic E-state index is 12.5. The monoisotopic (exact) mass is 373 g/mol. The Morgan fingerprint density at radius 1 is 1.15 bits per heavy atom. The maximum absolute atomic E-state index is 12.5. The third kappa shape index (κ3) is 4.23. The number of amides is 3. The van der Waals surface area contributed by atoms with Gasteiger partial charge in [0.15, 0.2) is 0 Å². The summed E-state index contributed by atoms with van der Waals surface area (Å²) >= 11 is 0. The van der Waals surface area contributed by atoms with Crippen molar-refractivity contribution in [1.82, 2.24) is 10.2 Å². The third-order valence-corrected chi connectivity index (χ3v) is 5.57. The van der Waals surface area contributed by atoms with E-state index in [0.29, 0.717) is 38.9 Å². The first-order valence-corrected chi connectivity index (χ1v) is 9.40. The summed E-state index contributed by atoms with van der Waals surface area (Å²) in [5.41, 5.74) is 3.20. The van der Waals surface area contributed by atoms with Gasteiger partial charge in [0.25, 0.3) is 0 Å². The van der Waals surface area contributed by atoms with E-state index in [4.69, 9.17) is 4.74 Å². The lowest BCUT2D eigenvalue weighted by Crippen LogP contribution is -2.49. The van der Waals surface area contributed by atoms with Crippen LogP contribution in [0.3, 0.4) is 0 Å². The molecule has 3 rings (SSSR count). The van der Waals surface area contributed by atoms with Crippen LogP contribution in [0.25, 0.3) is 0 Å². The van der Waals surface area contributed by atoms with Crippen LogP contribution in [0.5, 0.6) is 0 Å². The first-order valence-electron chi connectivity index (χ1n) is 9.40. The average Bonchev–Trinajstić information content (AvgIpc) is 3.03. The van der Waals surface area contributed by atoms with E-state index >= 15 is 0 Å². The molecule has 2 fully saturated rings. The molecule has 2 saturated heterocycles. The Balaban J connectivity index is 1.54. The number of nitrogens with zero attached hydrogens (tertiary/aromatic N) is 2. The maximum Gasteiger partial charge on any atom is 0.317 e. The van der Waals surface area contributed by atoms with Crippen molar-refractivity contribution in [3.8, 4) is 0 Å². The molecule has 1 aromatic carbocycles.